The number of pyridine rings is 1. The highest BCUT2D eigenvalue weighted by Gasteiger charge is 2.19. The number of nitrogens with zero attached hydrogens (tertiary/aromatic N) is 3. The number of furan rings is 1. The lowest BCUT2D eigenvalue weighted by Crippen LogP contribution is -1.96. The third kappa shape index (κ3) is 5.78. The van der Waals surface area contributed by atoms with E-state index < -0.39 is 0 Å². The van der Waals surface area contributed by atoms with Gasteiger partial charge in [-0.05, 0) is 58.7 Å². The molecule has 0 radical (unpaired) electrons. The molecule has 0 aliphatic carbocycles. The first-order valence-electron chi connectivity index (χ1n) is 20.1. The van der Waals surface area contributed by atoms with Crippen molar-refractivity contribution < 1.29 is 4.42 Å². The van der Waals surface area contributed by atoms with Crippen molar-refractivity contribution in [1.82, 2.24) is 15.0 Å². The van der Waals surface area contributed by atoms with Crippen LogP contribution in [-0.4, -0.2) is 15.0 Å². The molecule has 0 aliphatic rings. The maximum Gasteiger partial charge on any atom is 0.160 e. The van der Waals surface area contributed by atoms with Crippen molar-refractivity contribution in [2.75, 3.05) is 0 Å². The van der Waals surface area contributed by atoms with Gasteiger partial charge in [0.1, 0.15) is 11.2 Å². The summed E-state index contributed by atoms with van der Waals surface area (Å²) in [5, 5.41) is 5.63. The minimum Gasteiger partial charge on any atom is -0.455 e. The summed E-state index contributed by atoms with van der Waals surface area (Å²) in [5.74, 6) is 0.660. The van der Waals surface area contributed by atoms with Crippen LogP contribution in [0.25, 0.3) is 120 Å². The molecule has 8 aromatic carbocycles. The van der Waals surface area contributed by atoms with Crippen molar-refractivity contribution in [2.24, 2.45) is 0 Å². The van der Waals surface area contributed by atoms with E-state index in [-0.39, 0.29) is 0 Å². The highest BCUT2D eigenvalue weighted by molar-refractivity contribution is 7.26. The number of hydrogen-bond acceptors (Lipinski definition) is 5. The summed E-state index contributed by atoms with van der Waals surface area (Å²) >= 11 is 1.85. The lowest BCUT2D eigenvalue weighted by molar-refractivity contribution is 0.672. The zero-order valence-corrected chi connectivity index (χ0v) is 33.0. The molecule has 0 N–H and O–H groups in total. The fourth-order valence-corrected chi connectivity index (χ4v) is 9.80. The summed E-state index contributed by atoms with van der Waals surface area (Å²) in [5.41, 5.74) is 13.8. The normalized spacial score (nSPS) is 11.7. The molecule has 0 unspecified atom stereocenters. The number of rotatable bonds is 6. The Morgan fingerprint density at radius 2 is 1.02 bits per heavy atom. The molecular weight excluding hydrogens is 751 g/mol. The molecule has 0 atom stereocenters. The fourth-order valence-electron chi connectivity index (χ4n) is 8.56. The summed E-state index contributed by atoms with van der Waals surface area (Å²) in [6, 6.07) is 70.1. The minimum absolute atomic E-state index is 0.660. The maximum atomic E-state index is 6.59. The van der Waals surface area contributed by atoms with Gasteiger partial charge >= 0.3 is 0 Å². The average Bonchev–Trinajstić information content (AvgIpc) is 3.91. The maximum absolute atomic E-state index is 6.59. The summed E-state index contributed by atoms with van der Waals surface area (Å²) in [6.07, 6.45) is 0. The largest absolute Gasteiger partial charge is 0.455 e. The Bertz CT molecular complexity index is 3590. The predicted molar refractivity (Wildman–Crippen MR) is 250 cm³/mol. The molecular formula is C55H33N3OS. The van der Waals surface area contributed by atoms with Crippen LogP contribution < -0.4 is 0 Å². The molecule has 0 spiro atoms. The van der Waals surface area contributed by atoms with Crippen LogP contribution in [0.3, 0.4) is 0 Å². The Balaban J connectivity index is 0.983. The molecule has 4 nitrogen and oxygen atoms in total. The molecule has 0 aliphatic heterocycles. The summed E-state index contributed by atoms with van der Waals surface area (Å²) in [6.45, 7) is 0. The Kier molecular flexibility index (Phi) is 8.00. The molecule has 12 aromatic rings. The van der Waals surface area contributed by atoms with Gasteiger partial charge in [0.05, 0.1) is 28.0 Å². The van der Waals surface area contributed by atoms with Gasteiger partial charge in [-0.25, -0.2) is 15.0 Å². The first-order chi connectivity index (χ1) is 29.7. The van der Waals surface area contributed by atoms with Crippen molar-refractivity contribution in [3.8, 4) is 67.4 Å². The number of thiophene rings is 1. The van der Waals surface area contributed by atoms with E-state index in [9.17, 15) is 0 Å². The second-order valence-electron chi connectivity index (χ2n) is 15.1. The monoisotopic (exact) mass is 783 g/mol. The molecule has 60 heavy (non-hydrogen) atoms. The van der Waals surface area contributed by atoms with E-state index in [0.29, 0.717) is 5.82 Å². The molecule has 0 amide bonds. The van der Waals surface area contributed by atoms with E-state index in [4.69, 9.17) is 19.4 Å². The Hall–Kier alpha value is -7.73. The van der Waals surface area contributed by atoms with Gasteiger partial charge < -0.3 is 4.42 Å². The van der Waals surface area contributed by atoms with Crippen LogP contribution in [0.4, 0.5) is 0 Å². The van der Waals surface area contributed by atoms with Gasteiger partial charge in [-0.15, -0.1) is 11.3 Å². The lowest BCUT2D eigenvalue weighted by atomic mass is 9.98. The van der Waals surface area contributed by atoms with E-state index in [1.54, 1.807) is 0 Å². The SMILES string of the molecule is c1ccc(-c2ccc3c(c2)nc(-c2ccc(-c4nc(-c5ccccc5)cc(-c5cccc(-c6cccc7c6sc6ccccc67)c5)n4)cc2)c2c4ccccc4oc32)cc1. The van der Waals surface area contributed by atoms with Crippen LogP contribution in [0.2, 0.25) is 0 Å². The van der Waals surface area contributed by atoms with Gasteiger partial charge in [0.2, 0.25) is 0 Å². The Labute approximate surface area is 349 Å². The van der Waals surface area contributed by atoms with E-state index in [1.807, 2.05) is 35.6 Å². The number of aromatic nitrogens is 3. The first kappa shape index (κ1) is 34.3. The minimum atomic E-state index is 0.660. The standard InChI is InChI=1S/C55H33N3OS/c1-3-13-34(14-4-1)38-29-30-44-48(32-38)56-52(51-45-20-7-9-23-49(45)59-53(44)51)36-25-27-37(28-26-36)55-57-46(35-15-5-2-6-16-35)33-47(58-55)40-18-11-17-39(31-40)41-21-12-22-43-42-19-8-10-24-50(42)60-54(41)43/h1-33H. The quantitative estimate of drug-likeness (QED) is 0.169. The van der Waals surface area contributed by atoms with Gasteiger partial charge in [0.25, 0.3) is 0 Å². The topological polar surface area (TPSA) is 51.8 Å². The Morgan fingerprint density at radius 1 is 0.383 bits per heavy atom. The highest BCUT2D eigenvalue weighted by Crippen LogP contribution is 2.42. The number of hydrogen-bond donors (Lipinski definition) is 0. The van der Waals surface area contributed by atoms with E-state index >= 15 is 0 Å². The molecule has 12 rings (SSSR count). The zero-order valence-electron chi connectivity index (χ0n) is 32.2. The number of para-hydroxylation sites is 1. The van der Waals surface area contributed by atoms with Crippen LogP contribution in [0.15, 0.2) is 205 Å². The number of benzene rings is 8. The molecule has 0 fully saturated rings. The van der Waals surface area contributed by atoms with Gasteiger partial charge in [0, 0.05) is 53.2 Å². The van der Waals surface area contributed by atoms with Gasteiger partial charge in [-0.3, -0.25) is 0 Å². The van der Waals surface area contributed by atoms with Crippen molar-refractivity contribution in [1.29, 1.82) is 0 Å². The third-order valence-corrected chi connectivity index (χ3v) is 12.7. The van der Waals surface area contributed by atoms with Gasteiger partial charge in [0.15, 0.2) is 5.82 Å². The highest BCUT2D eigenvalue weighted by atomic mass is 32.1. The third-order valence-electron chi connectivity index (χ3n) is 11.5. The van der Waals surface area contributed by atoms with Gasteiger partial charge in [-0.2, -0.15) is 0 Å². The van der Waals surface area contributed by atoms with Crippen molar-refractivity contribution in [3.05, 3.63) is 200 Å². The molecule has 0 saturated heterocycles. The van der Waals surface area contributed by atoms with Crippen LogP contribution in [0.1, 0.15) is 0 Å². The van der Waals surface area contributed by atoms with Crippen LogP contribution in [0.5, 0.6) is 0 Å². The van der Waals surface area contributed by atoms with E-state index in [2.05, 4.69) is 176 Å². The molecule has 5 heteroatoms. The fraction of sp³-hybridized carbons (Fsp3) is 0. The lowest BCUT2D eigenvalue weighted by Gasteiger charge is -2.12. The summed E-state index contributed by atoms with van der Waals surface area (Å²) in [7, 11) is 0. The second-order valence-corrected chi connectivity index (χ2v) is 16.2. The Morgan fingerprint density at radius 3 is 1.85 bits per heavy atom. The first-order valence-corrected chi connectivity index (χ1v) is 20.9. The van der Waals surface area contributed by atoms with Gasteiger partial charge in [-0.1, -0.05) is 164 Å². The second kappa shape index (κ2) is 14.0. The average molecular weight is 784 g/mol. The van der Waals surface area contributed by atoms with Crippen LogP contribution in [0, 0.1) is 0 Å². The molecule has 0 saturated carbocycles. The van der Waals surface area contributed by atoms with Crippen LogP contribution in [-0.2, 0) is 0 Å². The molecule has 280 valence electrons. The van der Waals surface area contributed by atoms with E-state index in [0.717, 1.165) is 88.9 Å². The smallest absolute Gasteiger partial charge is 0.160 e. The summed E-state index contributed by atoms with van der Waals surface area (Å²) < 4.78 is 9.18. The number of fused-ring (bicyclic) bond motifs is 8. The molecule has 4 heterocycles. The van der Waals surface area contributed by atoms with E-state index in [1.165, 1.54) is 25.7 Å². The van der Waals surface area contributed by atoms with Crippen LogP contribution >= 0.6 is 11.3 Å². The summed E-state index contributed by atoms with van der Waals surface area (Å²) in [4.78, 5) is 15.8. The molecule has 4 aromatic heterocycles. The van der Waals surface area contributed by atoms with Crippen molar-refractivity contribution in [3.63, 3.8) is 0 Å². The zero-order chi connectivity index (χ0) is 39.6. The predicted octanol–water partition coefficient (Wildman–Crippen LogP) is 15.3. The van der Waals surface area contributed by atoms with Crippen molar-refractivity contribution >= 4 is 64.4 Å². The van der Waals surface area contributed by atoms with Crippen molar-refractivity contribution in [2.45, 2.75) is 0 Å². The molecule has 0 bridgehead atoms.